The van der Waals surface area contributed by atoms with Gasteiger partial charge in [0.05, 0.1) is 17.0 Å². The summed E-state index contributed by atoms with van der Waals surface area (Å²) in [6.07, 6.45) is 2.57. The number of aromatic nitrogens is 1. The molecule has 2 aromatic heterocycles. The van der Waals surface area contributed by atoms with Gasteiger partial charge >= 0.3 is 0 Å². The van der Waals surface area contributed by atoms with Crippen molar-refractivity contribution in [3.05, 3.63) is 28.6 Å². The van der Waals surface area contributed by atoms with Crippen molar-refractivity contribution >= 4 is 28.6 Å². The van der Waals surface area contributed by atoms with Crippen LogP contribution in [-0.2, 0) is 11.2 Å². The molecule has 0 saturated heterocycles. The fourth-order valence-corrected chi connectivity index (χ4v) is 3.35. The van der Waals surface area contributed by atoms with Crippen molar-refractivity contribution in [2.45, 2.75) is 26.2 Å². The SMILES string of the molecule is CCCCN(C)C(=O)Cc1csc(-c2cccs2)n1. The van der Waals surface area contributed by atoms with E-state index < -0.39 is 0 Å². The van der Waals surface area contributed by atoms with Gasteiger partial charge in [0, 0.05) is 19.0 Å². The molecule has 1 amide bonds. The van der Waals surface area contributed by atoms with Gasteiger partial charge < -0.3 is 4.90 Å². The second-order valence-corrected chi connectivity index (χ2v) is 6.27. The van der Waals surface area contributed by atoms with Crippen LogP contribution in [0.1, 0.15) is 25.5 Å². The van der Waals surface area contributed by atoms with E-state index in [0.717, 1.165) is 30.1 Å². The van der Waals surface area contributed by atoms with Gasteiger partial charge in [0.2, 0.25) is 5.91 Å². The standard InChI is InChI=1S/C14H18N2OS2/c1-3-4-7-16(2)13(17)9-11-10-19-14(15-11)12-6-5-8-18-12/h5-6,8,10H,3-4,7,9H2,1-2H3. The number of carbonyl (C=O) groups excluding carboxylic acids is 1. The highest BCUT2D eigenvalue weighted by Gasteiger charge is 2.12. The third-order valence-electron chi connectivity index (χ3n) is 2.89. The van der Waals surface area contributed by atoms with Crippen LogP contribution in [0.3, 0.4) is 0 Å². The van der Waals surface area contributed by atoms with E-state index in [9.17, 15) is 4.79 Å². The number of hydrogen-bond acceptors (Lipinski definition) is 4. The highest BCUT2D eigenvalue weighted by Crippen LogP contribution is 2.27. The van der Waals surface area contributed by atoms with Crippen molar-refractivity contribution in [2.75, 3.05) is 13.6 Å². The summed E-state index contributed by atoms with van der Waals surface area (Å²) < 4.78 is 0. The molecule has 0 aliphatic rings. The summed E-state index contributed by atoms with van der Waals surface area (Å²) in [7, 11) is 1.87. The van der Waals surface area contributed by atoms with E-state index in [-0.39, 0.29) is 5.91 Å². The Morgan fingerprint density at radius 1 is 1.42 bits per heavy atom. The minimum Gasteiger partial charge on any atom is -0.345 e. The molecule has 0 bridgehead atoms. The molecule has 0 aromatic carbocycles. The summed E-state index contributed by atoms with van der Waals surface area (Å²) in [6, 6.07) is 4.08. The van der Waals surface area contributed by atoms with Crippen molar-refractivity contribution < 1.29 is 4.79 Å². The predicted molar refractivity (Wildman–Crippen MR) is 81.7 cm³/mol. The van der Waals surface area contributed by atoms with Crippen LogP contribution in [-0.4, -0.2) is 29.4 Å². The molecule has 0 spiro atoms. The van der Waals surface area contributed by atoms with Gasteiger partial charge in [-0.15, -0.1) is 22.7 Å². The first-order valence-electron chi connectivity index (χ1n) is 6.43. The Hall–Kier alpha value is -1.20. The van der Waals surface area contributed by atoms with E-state index in [1.54, 1.807) is 27.6 Å². The molecule has 2 aromatic rings. The van der Waals surface area contributed by atoms with Gasteiger partial charge in [0.1, 0.15) is 5.01 Å². The zero-order valence-corrected chi connectivity index (χ0v) is 12.9. The lowest BCUT2D eigenvalue weighted by molar-refractivity contribution is -0.129. The lowest BCUT2D eigenvalue weighted by Gasteiger charge is -2.15. The topological polar surface area (TPSA) is 33.2 Å². The maximum Gasteiger partial charge on any atom is 0.228 e. The van der Waals surface area contributed by atoms with Crippen LogP contribution in [0.15, 0.2) is 22.9 Å². The fraction of sp³-hybridized carbons (Fsp3) is 0.429. The molecule has 0 atom stereocenters. The lowest BCUT2D eigenvalue weighted by atomic mass is 10.2. The Kier molecular flexibility index (Phi) is 5.10. The minimum atomic E-state index is 0.150. The molecule has 0 radical (unpaired) electrons. The quantitative estimate of drug-likeness (QED) is 0.814. The van der Waals surface area contributed by atoms with Gasteiger partial charge in [-0.3, -0.25) is 4.79 Å². The Balaban J connectivity index is 1.94. The largest absolute Gasteiger partial charge is 0.345 e. The lowest BCUT2D eigenvalue weighted by Crippen LogP contribution is -2.29. The molecule has 0 N–H and O–H groups in total. The van der Waals surface area contributed by atoms with Gasteiger partial charge in [-0.1, -0.05) is 19.4 Å². The van der Waals surface area contributed by atoms with Crippen LogP contribution in [0.2, 0.25) is 0 Å². The summed E-state index contributed by atoms with van der Waals surface area (Å²) in [6.45, 7) is 2.96. The Labute approximate surface area is 121 Å². The summed E-state index contributed by atoms with van der Waals surface area (Å²) in [4.78, 5) is 19.5. The van der Waals surface area contributed by atoms with E-state index in [1.807, 2.05) is 23.9 Å². The maximum absolute atomic E-state index is 12.0. The molecule has 3 nitrogen and oxygen atoms in total. The first kappa shape index (κ1) is 14.2. The number of rotatable bonds is 6. The van der Waals surface area contributed by atoms with E-state index >= 15 is 0 Å². The maximum atomic E-state index is 12.0. The van der Waals surface area contributed by atoms with Crippen molar-refractivity contribution in [1.29, 1.82) is 0 Å². The molecule has 0 aliphatic carbocycles. The molecule has 19 heavy (non-hydrogen) atoms. The molecular formula is C14H18N2OS2. The Morgan fingerprint density at radius 2 is 2.26 bits per heavy atom. The second kappa shape index (κ2) is 6.82. The minimum absolute atomic E-state index is 0.150. The molecule has 0 fully saturated rings. The van der Waals surface area contributed by atoms with E-state index in [4.69, 9.17) is 0 Å². The van der Waals surface area contributed by atoms with Crippen molar-refractivity contribution in [3.8, 4) is 9.88 Å². The third-order valence-corrected chi connectivity index (χ3v) is 4.82. The van der Waals surface area contributed by atoms with Crippen molar-refractivity contribution in [3.63, 3.8) is 0 Å². The van der Waals surface area contributed by atoms with E-state index in [0.29, 0.717) is 6.42 Å². The monoisotopic (exact) mass is 294 g/mol. The summed E-state index contributed by atoms with van der Waals surface area (Å²) in [5, 5.41) is 5.04. The first-order chi connectivity index (χ1) is 9.20. The van der Waals surface area contributed by atoms with Crippen molar-refractivity contribution in [1.82, 2.24) is 9.88 Å². The van der Waals surface area contributed by atoms with Gasteiger partial charge in [-0.2, -0.15) is 0 Å². The highest BCUT2D eigenvalue weighted by molar-refractivity contribution is 7.20. The number of nitrogens with zero attached hydrogens (tertiary/aromatic N) is 2. The molecule has 2 rings (SSSR count). The Bertz CT molecular complexity index is 519. The fourth-order valence-electron chi connectivity index (χ4n) is 1.71. The van der Waals surface area contributed by atoms with Crippen molar-refractivity contribution in [2.24, 2.45) is 0 Å². The van der Waals surface area contributed by atoms with Gasteiger partial charge in [-0.05, 0) is 17.9 Å². The first-order valence-corrected chi connectivity index (χ1v) is 8.19. The second-order valence-electron chi connectivity index (χ2n) is 4.47. The zero-order chi connectivity index (χ0) is 13.7. The van der Waals surface area contributed by atoms with Crippen LogP contribution >= 0.6 is 22.7 Å². The van der Waals surface area contributed by atoms with Crippen LogP contribution in [0.25, 0.3) is 9.88 Å². The van der Waals surface area contributed by atoms with Gasteiger partial charge in [-0.25, -0.2) is 4.98 Å². The molecule has 102 valence electrons. The summed E-state index contributed by atoms with van der Waals surface area (Å²) in [5.74, 6) is 0.150. The number of thiazole rings is 1. The predicted octanol–water partition coefficient (Wildman–Crippen LogP) is 3.67. The number of likely N-dealkylation sites (N-methyl/N-ethyl adjacent to an activating group) is 1. The Morgan fingerprint density at radius 3 is 2.95 bits per heavy atom. The molecule has 0 aliphatic heterocycles. The highest BCUT2D eigenvalue weighted by atomic mass is 32.1. The number of thiophene rings is 1. The normalized spacial score (nSPS) is 10.6. The van der Waals surface area contributed by atoms with Crippen LogP contribution < -0.4 is 0 Å². The number of unbranched alkanes of at least 4 members (excludes halogenated alkanes) is 1. The van der Waals surface area contributed by atoms with E-state index in [2.05, 4.69) is 18.0 Å². The number of carbonyl (C=O) groups is 1. The van der Waals surface area contributed by atoms with Gasteiger partial charge in [0.15, 0.2) is 0 Å². The van der Waals surface area contributed by atoms with E-state index in [1.165, 1.54) is 4.88 Å². The average Bonchev–Trinajstić information content (AvgIpc) is 3.05. The molecule has 2 heterocycles. The summed E-state index contributed by atoms with van der Waals surface area (Å²) >= 11 is 3.29. The average molecular weight is 294 g/mol. The molecule has 0 saturated carbocycles. The molecule has 5 heteroatoms. The molecule has 0 unspecified atom stereocenters. The van der Waals surface area contributed by atoms with Crippen LogP contribution in [0.5, 0.6) is 0 Å². The third kappa shape index (κ3) is 3.88. The van der Waals surface area contributed by atoms with Gasteiger partial charge in [0.25, 0.3) is 0 Å². The van der Waals surface area contributed by atoms with Crippen LogP contribution in [0.4, 0.5) is 0 Å². The van der Waals surface area contributed by atoms with Crippen LogP contribution in [0, 0.1) is 0 Å². The molecular weight excluding hydrogens is 276 g/mol. The number of hydrogen-bond donors (Lipinski definition) is 0. The smallest absolute Gasteiger partial charge is 0.228 e. The number of amides is 1. The summed E-state index contributed by atoms with van der Waals surface area (Å²) in [5.41, 5.74) is 0.877. The zero-order valence-electron chi connectivity index (χ0n) is 11.3.